The SMILES string of the molecule is COc1ccc(N2C[C@H](NC(=O)[C@@H]3CCc4nc(C)[nH]c4C3)CC2=O)cc1. The number of amides is 2. The van der Waals surface area contributed by atoms with Crippen molar-refractivity contribution in [3.63, 3.8) is 0 Å². The maximum atomic E-state index is 12.7. The Kier molecular flexibility index (Phi) is 4.59. The quantitative estimate of drug-likeness (QED) is 0.861. The summed E-state index contributed by atoms with van der Waals surface area (Å²) in [6.45, 7) is 2.43. The van der Waals surface area contributed by atoms with Gasteiger partial charge in [0.2, 0.25) is 11.8 Å². The minimum Gasteiger partial charge on any atom is -0.497 e. The molecule has 2 aliphatic rings. The molecule has 4 rings (SSSR count). The lowest BCUT2D eigenvalue weighted by Gasteiger charge is -2.23. The standard InChI is InChI=1S/C20H24N4O3/c1-12-21-17-8-3-13(9-18(17)22-12)20(26)23-14-10-19(25)24(11-14)15-4-6-16(27-2)7-5-15/h4-7,13-14H,3,8-11H2,1-2H3,(H,21,22)(H,23,26)/t13-,14-/m1/s1. The van der Waals surface area contributed by atoms with E-state index in [1.54, 1.807) is 12.0 Å². The smallest absolute Gasteiger partial charge is 0.229 e. The van der Waals surface area contributed by atoms with Gasteiger partial charge in [-0.1, -0.05) is 0 Å². The fourth-order valence-electron chi connectivity index (χ4n) is 3.98. The first-order valence-electron chi connectivity index (χ1n) is 9.32. The number of nitrogens with one attached hydrogen (secondary N) is 2. The van der Waals surface area contributed by atoms with Gasteiger partial charge >= 0.3 is 0 Å². The van der Waals surface area contributed by atoms with E-state index in [9.17, 15) is 9.59 Å². The lowest BCUT2D eigenvalue weighted by atomic mass is 9.89. The molecule has 0 radical (unpaired) electrons. The topological polar surface area (TPSA) is 87.3 Å². The zero-order chi connectivity index (χ0) is 19.0. The Bertz CT molecular complexity index is 859. The molecule has 1 aromatic heterocycles. The van der Waals surface area contributed by atoms with Crippen LogP contribution in [0.15, 0.2) is 24.3 Å². The van der Waals surface area contributed by atoms with Crippen molar-refractivity contribution in [2.45, 2.75) is 38.6 Å². The predicted molar refractivity (Wildman–Crippen MR) is 101 cm³/mol. The lowest BCUT2D eigenvalue weighted by molar-refractivity contribution is -0.126. The van der Waals surface area contributed by atoms with Gasteiger partial charge in [0.25, 0.3) is 0 Å². The van der Waals surface area contributed by atoms with Crippen molar-refractivity contribution in [2.75, 3.05) is 18.6 Å². The average Bonchev–Trinajstić information content (AvgIpc) is 3.22. The number of ether oxygens (including phenoxy) is 1. The largest absolute Gasteiger partial charge is 0.497 e. The molecule has 7 nitrogen and oxygen atoms in total. The van der Waals surface area contributed by atoms with Crippen LogP contribution in [-0.2, 0) is 22.4 Å². The number of hydrogen-bond donors (Lipinski definition) is 2. The van der Waals surface area contributed by atoms with E-state index in [0.717, 1.165) is 41.5 Å². The number of methoxy groups -OCH3 is 1. The van der Waals surface area contributed by atoms with Gasteiger partial charge < -0.3 is 19.9 Å². The second-order valence-electron chi connectivity index (χ2n) is 7.30. The third-order valence-electron chi connectivity index (χ3n) is 5.39. The first kappa shape index (κ1) is 17.6. The summed E-state index contributed by atoms with van der Waals surface area (Å²) in [5.74, 6) is 1.64. The molecule has 0 saturated carbocycles. The summed E-state index contributed by atoms with van der Waals surface area (Å²) < 4.78 is 5.16. The van der Waals surface area contributed by atoms with Crippen LogP contribution in [0.1, 0.15) is 30.1 Å². The molecular weight excluding hydrogens is 344 g/mol. The number of anilines is 1. The zero-order valence-electron chi connectivity index (χ0n) is 15.6. The van der Waals surface area contributed by atoms with Crippen LogP contribution in [0.5, 0.6) is 5.75 Å². The number of H-pyrrole nitrogens is 1. The lowest BCUT2D eigenvalue weighted by Crippen LogP contribution is -2.42. The van der Waals surface area contributed by atoms with Gasteiger partial charge in [0, 0.05) is 36.7 Å². The Labute approximate surface area is 158 Å². The summed E-state index contributed by atoms with van der Waals surface area (Å²) in [4.78, 5) is 34.6. The van der Waals surface area contributed by atoms with Crippen LogP contribution in [-0.4, -0.2) is 41.5 Å². The Morgan fingerprint density at radius 2 is 2.07 bits per heavy atom. The van der Waals surface area contributed by atoms with Gasteiger partial charge in [0.15, 0.2) is 0 Å². The van der Waals surface area contributed by atoms with Crippen LogP contribution in [0.4, 0.5) is 5.69 Å². The molecule has 7 heteroatoms. The van der Waals surface area contributed by atoms with Crippen molar-refractivity contribution in [2.24, 2.45) is 5.92 Å². The second kappa shape index (κ2) is 7.06. The molecule has 2 atom stereocenters. The number of aromatic nitrogens is 2. The van der Waals surface area contributed by atoms with Crippen LogP contribution in [0.2, 0.25) is 0 Å². The number of benzene rings is 1. The molecule has 1 fully saturated rings. The molecule has 1 saturated heterocycles. The van der Waals surface area contributed by atoms with Crippen LogP contribution >= 0.6 is 0 Å². The van der Waals surface area contributed by atoms with Gasteiger partial charge in [-0.3, -0.25) is 9.59 Å². The number of aromatic amines is 1. The van der Waals surface area contributed by atoms with Crippen molar-refractivity contribution < 1.29 is 14.3 Å². The highest BCUT2D eigenvalue weighted by Gasteiger charge is 2.34. The number of hydrogen-bond acceptors (Lipinski definition) is 4. The minimum absolute atomic E-state index is 0.0283. The van der Waals surface area contributed by atoms with E-state index in [1.807, 2.05) is 31.2 Å². The van der Waals surface area contributed by atoms with E-state index in [0.29, 0.717) is 19.4 Å². The van der Waals surface area contributed by atoms with E-state index in [2.05, 4.69) is 15.3 Å². The first-order chi connectivity index (χ1) is 13.0. The van der Waals surface area contributed by atoms with Crippen molar-refractivity contribution in [1.29, 1.82) is 0 Å². The molecule has 2 heterocycles. The van der Waals surface area contributed by atoms with Crippen molar-refractivity contribution in [3.8, 4) is 5.75 Å². The molecule has 2 amide bonds. The van der Waals surface area contributed by atoms with Gasteiger partial charge in [0.05, 0.1) is 18.8 Å². The minimum atomic E-state index is -0.156. The maximum Gasteiger partial charge on any atom is 0.229 e. The van der Waals surface area contributed by atoms with Gasteiger partial charge in [0.1, 0.15) is 11.6 Å². The molecule has 2 aromatic rings. The summed E-state index contributed by atoms with van der Waals surface area (Å²) in [6, 6.07) is 7.24. The number of carbonyl (C=O) groups excluding carboxylic acids is 2. The van der Waals surface area contributed by atoms with Crippen LogP contribution < -0.4 is 15.0 Å². The fourth-order valence-corrected chi connectivity index (χ4v) is 3.98. The summed E-state index contributed by atoms with van der Waals surface area (Å²) in [5.41, 5.74) is 2.98. The van der Waals surface area contributed by atoms with Gasteiger partial charge in [-0.15, -0.1) is 0 Å². The fraction of sp³-hybridized carbons (Fsp3) is 0.450. The monoisotopic (exact) mass is 368 g/mol. The summed E-state index contributed by atoms with van der Waals surface area (Å²) >= 11 is 0. The molecule has 142 valence electrons. The number of rotatable bonds is 4. The average molecular weight is 368 g/mol. The molecule has 27 heavy (non-hydrogen) atoms. The number of carbonyl (C=O) groups is 2. The molecule has 1 aliphatic carbocycles. The number of imidazole rings is 1. The molecule has 0 bridgehead atoms. The summed E-state index contributed by atoms with van der Waals surface area (Å²) in [6.07, 6.45) is 2.63. The molecule has 1 aliphatic heterocycles. The highest BCUT2D eigenvalue weighted by molar-refractivity contribution is 5.97. The Morgan fingerprint density at radius 3 is 2.81 bits per heavy atom. The number of nitrogens with zero attached hydrogens (tertiary/aromatic N) is 2. The highest BCUT2D eigenvalue weighted by Crippen LogP contribution is 2.26. The van der Waals surface area contributed by atoms with Crippen LogP contribution in [0, 0.1) is 12.8 Å². The normalized spacial score (nSPS) is 21.9. The predicted octanol–water partition coefficient (Wildman–Crippen LogP) is 1.75. The van der Waals surface area contributed by atoms with E-state index in [-0.39, 0.29) is 23.8 Å². The number of fused-ring (bicyclic) bond motifs is 1. The molecule has 0 spiro atoms. The van der Waals surface area contributed by atoms with Gasteiger partial charge in [-0.05, 0) is 44.0 Å². The Morgan fingerprint density at radius 1 is 1.30 bits per heavy atom. The van der Waals surface area contributed by atoms with E-state index in [1.165, 1.54) is 0 Å². The van der Waals surface area contributed by atoms with Crippen LogP contribution in [0.3, 0.4) is 0 Å². The zero-order valence-corrected chi connectivity index (χ0v) is 15.6. The number of aryl methyl sites for hydroxylation is 2. The molecular formula is C20H24N4O3. The Balaban J connectivity index is 1.37. The van der Waals surface area contributed by atoms with Crippen LogP contribution in [0.25, 0.3) is 0 Å². The van der Waals surface area contributed by atoms with Crippen molar-refractivity contribution in [1.82, 2.24) is 15.3 Å². The third-order valence-corrected chi connectivity index (χ3v) is 5.39. The van der Waals surface area contributed by atoms with Gasteiger partial charge in [-0.2, -0.15) is 0 Å². The summed E-state index contributed by atoms with van der Waals surface area (Å²) in [7, 11) is 1.61. The first-order valence-corrected chi connectivity index (χ1v) is 9.32. The maximum absolute atomic E-state index is 12.7. The van der Waals surface area contributed by atoms with E-state index >= 15 is 0 Å². The Hall–Kier alpha value is -2.83. The highest BCUT2D eigenvalue weighted by atomic mass is 16.5. The van der Waals surface area contributed by atoms with E-state index in [4.69, 9.17) is 4.74 Å². The van der Waals surface area contributed by atoms with Gasteiger partial charge in [-0.25, -0.2) is 4.98 Å². The van der Waals surface area contributed by atoms with Crippen molar-refractivity contribution >= 4 is 17.5 Å². The van der Waals surface area contributed by atoms with E-state index < -0.39 is 0 Å². The van der Waals surface area contributed by atoms with Crippen molar-refractivity contribution in [3.05, 3.63) is 41.5 Å². The molecule has 2 N–H and O–H groups in total. The molecule has 1 aromatic carbocycles. The summed E-state index contributed by atoms with van der Waals surface area (Å²) in [5, 5.41) is 3.08. The molecule has 0 unspecified atom stereocenters. The third kappa shape index (κ3) is 3.54. The second-order valence-corrected chi connectivity index (χ2v) is 7.30.